The number of hydrogen-bond donors (Lipinski definition) is 1. The summed E-state index contributed by atoms with van der Waals surface area (Å²) in [6, 6.07) is 18.1. The van der Waals surface area contributed by atoms with E-state index in [4.69, 9.17) is 9.47 Å². The summed E-state index contributed by atoms with van der Waals surface area (Å²) < 4.78 is 11.7. The Labute approximate surface area is 272 Å². The first-order valence-corrected chi connectivity index (χ1v) is 15.8. The third-order valence-electron chi connectivity index (χ3n) is 8.26. The van der Waals surface area contributed by atoms with Crippen molar-refractivity contribution in [1.29, 1.82) is 0 Å². The molecule has 1 N–H and O–H groups in total. The molecule has 1 aliphatic heterocycles. The Morgan fingerprint density at radius 1 is 0.848 bits per heavy atom. The number of hydrogen-bond acceptors (Lipinski definition) is 7. The Morgan fingerprint density at radius 2 is 1.59 bits per heavy atom. The Kier molecular flexibility index (Phi) is 12.0. The van der Waals surface area contributed by atoms with Crippen molar-refractivity contribution in [2.24, 2.45) is 0 Å². The normalized spacial score (nSPS) is 13.2. The fraction of sp³-hybridized carbons (Fsp3) is 0.417. The molecule has 1 heterocycles. The summed E-state index contributed by atoms with van der Waals surface area (Å²) in [5.74, 6) is 0.713. The third-order valence-corrected chi connectivity index (χ3v) is 8.26. The minimum atomic E-state index is -0.276. The van der Waals surface area contributed by atoms with Crippen molar-refractivity contribution in [2.45, 2.75) is 32.6 Å². The van der Waals surface area contributed by atoms with Crippen molar-refractivity contribution in [3.05, 3.63) is 77.4 Å². The van der Waals surface area contributed by atoms with E-state index in [1.54, 1.807) is 36.2 Å². The summed E-state index contributed by atoms with van der Waals surface area (Å²) in [5.41, 5.74) is 3.86. The fourth-order valence-corrected chi connectivity index (χ4v) is 5.44. The molecule has 1 aliphatic rings. The van der Waals surface area contributed by atoms with E-state index in [9.17, 15) is 14.4 Å². The molecular formula is C36H47N5O5. The minimum Gasteiger partial charge on any atom is -0.495 e. The average molecular weight is 630 g/mol. The zero-order valence-electron chi connectivity index (χ0n) is 28.0. The second kappa shape index (κ2) is 16.1. The molecule has 0 spiro atoms. The highest BCUT2D eigenvalue weighted by molar-refractivity contribution is 6.10. The number of carbonyl (C=O) groups excluding carboxylic acids is 3. The molecule has 246 valence electrons. The Hall–Kier alpha value is -4.57. The van der Waals surface area contributed by atoms with E-state index in [2.05, 4.69) is 17.3 Å². The number of rotatable bonds is 13. The zero-order valence-corrected chi connectivity index (χ0v) is 28.0. The molecule has 0 bridgehead atoms. The lowest BCUT2D eigenvalue weighted by molar-refractivity contribution is -0.132. The van der Waals surface area contributed by atoms with Crippen LogP contribution in [-0.2, 0) is 4.79 Å². The van der Waals surface area contributed by atoms with Gasteiger partial charge in [0, 0.05) is 65.0 Å². The largest absolute Gasteiger partial charge is 0.495 e. The lowest BCUT2D eigenvalue weighted by Gasteiger charge is -2.32. The van der Waals surface area contributed by atoms with Crippen molar-refractivity contribution in [3.63, 3.8) is 0 Å². The van der Waals surface area contributed by atoms with Crippen molar-refractivity contribution < 1.29 is 23.9 Å². The van der Waals surface area contributed by atoms with Gasteiger partial charge in [-0.1, -0.05) is 18.2 Å². The summed E-state index contributed by atoms with van der Waals surface area (Å²) in [5, 5.41) is 2.92. The monoisotopic (exact) mass is 629 g/mol. The first kappa shape index (κ1) is 34.3. The fourth-order valence-electron chi connectivity index (χ4n) is 5.44. The van der Waals surface area contributed by atoms with Crippen LogP contribution in [0.5, 0.6) is 11.5 Å². The van der Waals surface area contributed by atoms with Crippen LogP contribution in [0.25, 0.3) is 0 Å². The van der Waals surface area contributed by atoms with Gasteiger partial charge in [0.25, 0.3) is 11.8 Å². The van der Waals surface area contributed by atoms with Gasteiger partial charge in [-0.15, -0.1) is 0 Å². The standard InChI is InChI=1S/C36H47N5O5/c1-26-15-18-31(33(24-26)46-23-11-7-8-14-34(42)41-21-19-39(4)20-22-41)40(5)36(44)27-16-17-29(32(25-27)45-6)37-35(43)28-12-9-10-13-30(28)38(2)3/h9-10,12-13,15-18,24-25H,7-8,11,14,19-23H2,1-6H3,(H,37,43). The van der Waals surface area contributed by atoms with Gasteiger partial charge in [0.1, 0.15) is 11.5 Å². The van der Waals surface area contributed by atoms with Gasteiger partial charge < -0.3 is 34.4 Å². The first-order chi connectivity index (χ1) is 22.1. The van der Waals surface area contributed by atoms with Crippen LogP contribution in [-0.4, -0.2) is 95.6 Å². The summed E-state index contributed by atoms with van der Waals surface area (Å²) in [4.78, 5) is 46.9. The Bertz CT molecular complexity index is 1520. The smallest absolute Gasteiger partial charge is 0.258 e. The molecule has 0 radical (unpaired) electrons. The molecule has 3 aromatic rings. The van der Waals surface area contributed by atoms with Gasteiger partial charge in [0.2, 0.25) is 5.91 Å². The van der Waals surface area contributed by atoms with E-state index in [0.717, 1.165) is 56.7 Å². The number of piperazine rings is 1. The molecule has 4 rings (SSSR count). The van der Waals surface area contributed by atoms with Gasteiger partial charge in [-0.3, -0.25) is 14.4 Å². The van der Waals surface area contributed by atoms with Crippen LogP contribution in [0.4, 0.5) is 17.1 Å². The number of unbranched alkanes of at least 4 members (excludes halogenated alkanes) is 2. The minimum absolute atomic E-state index is 0.233. The number of amides is 3. The number of carbonyl (C=O) groups is 3. The number of ether oxygens (including phenoxy) is 2. The molecule has 10 nitrogen and oxygen atoms in total. The highest BCUT2D eigenvalue weighted by atomic mass is 16.5. The predicted molar refractivity (Wildman–Crippen MR) is 184 cm³/mol. The number of aryl methyl sites for hydroxylation is 1. The van der Waals surface area contributed by atoms with E-state index in [0.29, 0.717) is 47.0 Å². The van der Waals surface area contributed by atoms with Gasteiger partial charge in [0.05, 0.1) is 30.7 Å². The van der Waals surface area contributed by atoms with Crippen LogP contribution < -0.4 is 24.6 Å². The lowest BCUT2D eigenvalue weighted by atomic mass is 10.1. The molecule has 0 atom stereocenters. The molecular weight excluding hydrogens is 582 g/mol. The number of nitrogens with one attached hydrogen (secondary N) is 1. The average Bonchev–Trinajstić information content (AvgIpc) is 3.06. The van der Waals surface area contributed by atoms with E-state index in [1.807, 2.05) is 67.2 Å². The Balaban J connectivity index is 1.36. The Morgan fingerprint density at radius 3 is 2.30 bits per heavy atom. The van der Waals surface area contributed by atoms with Crippen LogP contribution in [0.2, 0.25) is 0 Å². The number of benzene rings is 3. The van der Waals surface area contributed by atoms with E-state index >= 15 is 0 Å². The topological polar surface area (TPSA) is 94.7 Å². The quantitative estimate of drug-likeness (QED) is 0.256. The SMILES string of the molecule is COc1cc(C(=O)N(C)c2ccc(C)cc2OCCCCCC(=O)N2CCN(C)CC2)ccc1NC(=O)c1ccccc1N(C)C. The van der Waals surface area contributed by atoms with Gasteiger partial charge in [-0.2, -0.15) is 0 Å². The first-order valence-electron chi connectivity index (χ1n) is 15.8. The molecule has 10 heteroatoms. The van der Waals surface area contributed by atoms with Gasteiger partial charge in [0.15, 0.2) is 0 Å². The van der Waals surface area contributed by atoms with E-state index in [-0.39, 0.29) is 17.7 Å². The summed E-state index contributed by atoms with van der Waals surface area (Å²) in [7, 11) is 9.07. The molecule has 1 saturated heterocycles. The van der Waals surface area contributed by atoms with E-state index < -0.39 is 0 Å². The maximum atomic E-state index is 13.6. The highest BCUT2D eigenvalue weighted by Crippen LogP contribution is 2.32. The lowest BCUT2D eigenvalue weighted by Crippen LogP contribution is -2.47. The molecule has 3 aromatic carbocycles. The van der Waals surface area contributed by atoms with Crippen LogP contribution in [0.3, 0.4) is 0 Å². The van der Waals surface area contributed by atoms with E-state index in [1.165, 1.54) is 7.11 Å². The van der Waals surface area contributed by atoms with Gasteiger partial charge in [-0.05, 0) is 81.3 Å². The maximum Gasteiger partial charge on any atom is 0.258 e. The third kappa shape index (κ3) is 8.78. The van der Waals surface area contributed by atoms with Crippen LogP contribution >= 0.6 is 0 Å². The molecule has 46 heavy (non-hydrogen) atoms. The van der Waals surface area contributed by atoms with Crippen molar-refractivity contribution in [3.8, 4) is 11.5 Å². The number of para-hydroxylation sites is 1. The zero-order chi connectivity index (χ0) is 33.2. The van der Waals surface area contributed by atoms with Crippen molar-refractivity contribution >= 4 is 34.8 Å². The molecule has 0 saturated carbocycles. The molecule has 3 amide bonds. The second-order valence-electron chi connectivity index (χ2n) is 12.0. The van der Waals surface area contributed by atoms with Crippen molar-refractivity contribution in [1.82, 2.24) is 9.80 Å². The number of anilines is 3. The molecule has 1 fully saturated rings. The van der Waals surface area contributed by atoms with Gasteiger partial charge >= 0.3 is 0 Å². The number of likely N-dealkylation sites (N-methyl/N-ethyl adjacent to an activating group) is 1. The second-order valence-corrected chi connectivity index (χ2v) is 12.0. The van der Waals surface area contributed by atoms with Crippen LogP contribution in [0.1, 0.15) is 52.0 Å². The molecule has 0 aliphatic carbocycles. The summed E-state index contributed by atoms with van der Waals surface area (Å²) in [6.07, 6.45) is 3.09. The number of methoxy groups -OCH3 is 1. The predicted octanol–water partition coefficient (Wildman–Crippen LogP) is 5.31. The summed E-state index contributed by atoms with van der Waals surface area (Å²) >= 11 is 0. The highest BCUT2D eigenvalue weighted by Gasteiger charge is 2.21. The van der Waals surface area contributed by atoms with Gasteiger partial charge in [-0.25, -0.2) is 0 Å². The molecule has 0 unspecified atom stereocenters. The maximum absolute atomic E-state index is 13.6. The molecule has 0 aromatic heterocycles. The van der Waals surface area contributed by atoms with Crippen LogP contribution in [0.15, 0.2) is 60.7 Å². The summed E-state index contributed by atoms with van der Waals surface area (Å²) in [6.45, 7) is 5.94. The number of nitrogens with zero attached hydrogens (tertiary/aromatic N) is 4. The van der Waals surface area contributed by atoms with Crippen LogP contribution in [0, 0.1) is 6.92 Å². The van der Waals surface area contributed by atoms with Crippen molar-refractivity contribution in [2.75, 3.05) is 83.2 Å².